The van der Waals surface area contributed by atoms with E-state index in [1.54, 1.807) is 16.5 Å². The lowest BCUT2D eigenvalue weighted by Gasteiger charge is -2.17. The van der Waals surface area contributed by atoms with Crippen LogP contribution in [0.25, 0.3) is 11.3 Å². The molecule has 0 saturated carbocycles. The van der Waals surface area contributed by atoms with Gasteiger partial charge in [-0.15, -0.1) is 11.3 Å². The first-order chi connectivity index (χ1) is 15.2. The van der Waals surface area contributed by atoms with Crippen LogP contribution in [0.15, 0.2) is 71.6 Å². The van der Waals surface area contributed by atoms with Gasteiger partial charge < -0.3 is 9.64 Å². The fraction of sp³-hybridized carbons (Fsp3) is 0.208. The van der Waals surface area contributed by atoms with Crippen molar-refractivity contribution < 1.29 is 9.53 Å². The SMILES string of the molecule is CN(CCCc1cc(-c2ccccc2)n[nH]1)C(=O)c1cccc(OCc2cscn2)c1. The van der Waals surface area contributed by atoms with Crippen molar-refractivity contribution in [3.8, 4) is 17.0 Å². The summed E-state index contributed by atoms with van der Waals surface area (Å²) in [7, 11) is 1.83. The van der Waals surface area contributed by atoms with E-state index in [0.717, 1.165) is 35.5 Å². The largest absolute Gasteiger partial charge is 0.487 e. The monoisotopic (exact) mass is 432 g/mol. The number of thiazole rings is 1. The molecule has 1 N–H and O–H groups in total. The van der Waals surface area contributed by atoms with Crippen LogP contribution >= 0.6 is 11.3 Å². The Balaban J connectivity index is 1.28. The number of hydrogen-bond donors (Lipinski definition) is 1. The van der Waals surface area contributed by atoms with Crippen molar-refractivity contribution in [3.05, 3.63) is 88.5 Å². The third kappa shape index (κ3) is 5.58. The number of amides is 1. The average Bonchev–Trinajstić information content (AvgIpc) is 3.50. The van der Waals surface area contributed by atoms with Crippen LogP contribution in [-0.4, -0.2) is 39.6 Å². The van der Waals surface area contributed by atoms with Gasteiger partial charge in [0, 0.05) is 35.8 Å². The molecule has 0 bridgehead atoms. The van der Waals surface area contributed by atoms with Gasteiger partial charge in [-0.25, -0.2) is 4.98 Å². The van der Waals surface area contributed by atoms with Crippen molar-refractivity contribution in [1.82, 2.24) is 20.1 Å². The molecule has 0 fully saturated rings. The van der Waals surface area contributed by atoms with E-state index in [0.29, 0.717) is 24.5 Å². The first-order valence-electron chi connectivity index (χ1n) is 10.1. The molecule has 4 aromatic rings. The first kappa shape index (κ1) is 20.8. The fourth-order valence-electron chi connectivity index (χ4n) is 3.26. The predicted octanol–water partition coefficient (Wildman–Crippen LogP) is 4.82. The highest BCUT2D eigenvalue weighted by Crippen LogP contribution is 2.19. The van der Waals surface area contributed by atoms with Crippen LogP contribution < -0.4 is 4.74 Å². The minimum atomic E-state index is -0.0197. The summed E-state index contributed by atoms with van der Waals surface area (Å²) < 4.78 is 5.76. The molecule has 0 atom stereocenters. The van der Waals surface area contributed by atoms with Gasteiger partial charge in [0.1, 0.15) is 12.4 Å². The van der Waals surface area contributed by atoms with E-state index in [9.17, 15) is 4.79 Å². The van der Waals surface area contributed by atoms with Gasteiger partial charge >= 0.3 is 0 Å². The number of benzene rings is 2. The van der Waals surface area contributed by atoms with E-state index in [-0.39, 0.29) is 5.91 Å². The Kier molecular flexibility index (Phi) is 6.74. The average molecular weight is 433 g/mol. The molecule has 2 heterocycles. The Morgan fingerprint density at radius 1 is 1.13 bits per heavy atom. The molecule has 158 valence electrons. The van der Waals surface area contributed by atoms with Crippen LogP contribution in [0.3, 0.4) is 0 Å². The lowest BCUT2D eigenvalue weighted by atomic mass is 10.1. The number of nitrogens with zero attached hydrogens (tertiary/aromatic N) is 3. The van der Waals surface area contributed by atoms with Gasteiger partial charge in [0.05, 0.1) is 16.9 Å². The predicted molar refractivity (Wildman–Crippen MR) is 122 cm³/mol. The summed E-state index contributed by atoms with van der Waals surface area (Å²) in [5.74, 6) is 0.645. The van der Waals surface area contributed by atoms with Crippen LogP contribution in [0.5, 0.6) is 5.75 Å². The maximum absolute atomic E-state index is 12.8. The molecule has 0 aliphatic carbocycles. The van der Waals surface area contributed by atoms with Crippen LogP contribution in [0.2, 0.25) is 0 Å². The van der Waals surface area contributed by atoms with E-state index < -0.39 is 0 Å². The van der Waals surface area contributed by atoms with Crippen molar-refractivity contribution in [2.75, 3.05) is 13.6 Å². The van der Waals surface area contributed by atoms with Gasteiger partial charge in [-0.2, -0.15) is 5.10 Å². The number of hydrogen-bond acceptors (Lipinski definition) is 5. The Bertz CT molecular complexity index is 1110. The molecule has 0 radical (unpaired) electrons. The molecule has 0 unspecified atom stereocenters. The standard InChI is InChI=1S/C24H24N4O2S/c1-28(12-6-10-20-14-23(27-26-20)18-7-3-2-4-8-18)24(29)19-9-5-11-22(13-19)30-15-21-16-31-17-25-21/h2-5,7-9,11,13-14,16-17H,6,10,12,15H2,1H3,(H,26,27). The van der Waals surface area contributed by atoms with Crippen molar-refractivity contribution in [3.63, 3.8) is 0 Å². The molecule has 2 aromatic carbocycles. The zero-order valence-electron chi connectivity index (χ0n) is 17.3. The maximum atomic E-state index is 12.8. The van der Waals surface area contributed by atoms with Gasteiger partial charge in [-0.3, -0.25) is 9.89 Å². The summed E-state index contributed by atoms with van der Waals surface area (Å²) in [6.45, 7) is 1.05. The number of aryl methyl sites for hydroxylation is 1. The molecule has 0 aliphatic heterocycles. The van der Waals surface area contributed by atoms with E-state index in [1.165, 1.54) is 11.3 Å². The minimum absolute atomic E-state index is 0.0197. The van der Waals surface area contributed by atoms with E-state index >= 15 is 0 Å². The van der Waals surface area contributed by atoms with E-state index in [2.05, 4.69) is 21.2 Å². The van der Waals surface area contributed by atoms with Gasteiger partial charge in [-0.05, 0) is 37.1 Å². The Morgan fingerprint density at radius 2 is 2.00 bits per heavy atom. The lowest BCUT2D eigenvalue weighted by molar-refractivity contribution is 0.0793. The van der Waals surface area contributed by atoms with E-state index in [4.69, 9.17) is 4.74 Å². The second-order valence-corrected chi connectivity index (χ2v) is 7.99. The molecule has 0 aliphatic rings. The fourth-order valence-corrected chi connectivity index (χ4v) is 3.80. The lowest BCUT2D eigenvalue weighted by Crippen LogP contribution is -2.28. The van der Waals surface area contributed by atoms with Crippen LogP contribution in [0, 0.1) is 0 Å². The number of aromatic nitrogens is 3. The number of H-pyrrole nitrogens is 1. The highest BCUT2D eigenvalue weighted by Gasteiger charge is 2.13. The number of carbonyl (C=O) groups is 1. The maximum Gasteiger partial charge on any atom is 0.253 e. The molecule has 0 spiro atoms. The third-order valence-corrected chi connectivity index (χ3v) is 5.57. The van der Waals surface area contributed by atoms with Crippen LogP contribution in [0.4, 0.5) is 0 Å². The van der Waals surface area contributed by atoms with Crippen molar-refractivity contribution in [2.45, 2.75) is 19.4 Å². The van der Waals surface area contributed by atoms with Crippen molar-refractivity contribution >= 4 is 17.2 Å². The summed E-state index contributed by atoms with van der Waals surface area (Å²) in [6.07, 6.45) is 1.67. The van der Waals surface area contributed by atoms with Crippen LogP contribution in [-0.2, 0) is 13.0 Å². The molecule has 6 nitrogen and oxygen atoms in total. The summed E-state index contributed by atoms with van der Waals surface area (Å²) >= 11 is 1.53. The summed E-state index contributed by atoms with van der Waals surface area (Å²) in [6, 6.07) is 19.4. The second kappa shape index (κ2) is 10.0. The van der Waals surface area contributed by atoms with Gasteiger partial charge in [0.25, 0.3) is 5.91 Å². The number of nitrogens with one attached hydrogen (secondary N) is 1. The summed E-state index contributed by atoms with van der Waals surface area (Å²) in [4.78, 5) is 18.8. The quantitative estimate of drug-likeness (QED) is 0.412. The van der Waals surface area contributed by atoms with Crippen LogP contribution in [0.1, 0.15) is 28.2 Å². The Labute approximate surface area is 185 Å². The number of ether oxygens (including phenoxy) is 1. The van der Waals surface area contributed by atoms with Gasteiger partial charge in [0.2, 0.25) is 0 Å². The zero-order chi connectivity index (χ0) is 21.5. The number of rotatable bonds is 9. The highest BCUT2D eigenvalue weighted by molar-refractivity contribution is 7.07. The number of carbonyl (C=O) groups excluding carboxylic acids is 1. The zero-order valence-corrected chi connectivity index (χ0v) is 18.1. The summed E-state index contributed by atoms with van der Waals surface area (Å²) in [5.41, 5.74) is 6.37. The molecular formula is C24H24N4O2S. The highest BCUT2D eigenvalue weighted by atomic mass is 32.1. The molecule has 1 amide bonds. The molecule has 4 rings (SSSR count). The normalized spacial score (nSPS) is 10.7. The third-order valence-electron chi connectivity index (χ3n) is 4.94. The molecular weight excluding hydrogens is 408 g/mol. The smallest absolute Gasteiger partial charge is 0.253 e. The minimum Gasteiger partial charge on any atom is -0.487 e. The second-order valence-electron chi connectivity index (χ2n) is 7.27. The summed E-state index contributed by atoms with van der Waals surface area (Å²) in [5, 5.41) is 9.44. The molecule has 7 heteroatoms. The molecule has 31 heavy (non-hydrogen) atoms. The number of aromatic amines is 1. The topological polar surface area (TPSA) is 71.1 Å². The van der Waals surface area contributed by atoms with Crippen molar-refractivity contribution in [2.24, 2.45) is 0 Å². The Hall–Kier alpha value is -3.45. The van der Waals surface area contributed by atoms with Gasteiger partial charge in [0.15, 0.2) is 0 Å². The molecule has 0 saturated heterocycles. The Morgan fingerprint density at radius 3 is 2.81 bits per heavy atom. The van der Waals surface area contributed by atoms with Gasteiger partial charge in [-0.1, -0.05) is 36.4 Å². The first-order valence-corrected chi connectivity index (χ1v) is 11.1. The molecule has 2 aromatic heterocycles. The van der Waals surface area contributed by atoms with Crippen molar-refractivity contribution in [1.29, 1.82) is 0 Å². The van der Waals surface area contributed by atoms with E-state index in [1.807, 2.05) is 61.0 Å².